The Morgan fingerprint density at radius 2 is 2.58 bits per heavy atom. The van der Waals surface area contributed by atoms with Crippen molar-refractivity contribution in [2.75, 3.05) is 11.9 Å². The van der Waals surface area contributed by atoms with E-state index < -0.39 is 0 Å². The summed E-state index contributed by atoms with van der Waals surface area (Å²) in [4.78, 5) is 11.2. The van der Waals surface area contributed by atoms with Crippen LogP contribution in [0, 0.1) is 0 Å². The molecular weight excluding hydrogens is 222 g/mol. The molecule has 0 aliphatic rings. The molecule has 0 spiro atoms. The van der Waals surface area contributed by atoms with Crippen LogP contribution in [0.4, 0.5) is 0 Å². The highest BCUT2D eigenvalue weighted by atomic mass is 79.9. The molecule has 66 valence electrons. The average Bonchev–Trinajstić information content (AvgIpc) is 2.56. The number of rotatable bonds is 4. The number of alkyl halides is 1. The maximum atomic E-state index is 11.2. The number of hydrogen-bond donors (Lipinski definition) is 2. The molecule has 0 saturated carbocycles. The number of halogens is 1. The zero-order valence-corrected chi connectivity index (χ0v) is 8.10. The van der Waals surface area contributed by atoms with Crippen LogP contribution in [0.1, 0.15) is 16.8 Å². The number of nitrogens with one attached hydrogen (secondary N) is 2. The van der Waals surface area contributed by atoms with Crippen LogP contribution < -0.4 is 5.32 Å². The third kappa shape index (κ3) is 2.65. The van der Waals surface area contributed by atoms with Gasteiger partial charge in [-0.25, -0.2) is 0 Å². The monoisotopic (exact) mass is 231 g/mol. The van der Waals surface area contributed by atoms with Gasteiger partial charge in [-0.05, 0) is 6.42 Å². The van der Waals surface area contributed by atoms with E-state index in [2.05, 4.69) is 31.4 Å². The predicted octanol–water partition coefficient (Wildman–Crippen LogP) is 0.925. The van der Waals surface area contributed by atoms with Crippen LogP contribution in [0.3, 0.4) is 0 Å². The lowest BCUT2D eigenvalue weighted by Gasteiger charge is -1.99. The molecule has 1 amide bonds. The fraction of sp³-hybridized carbons (Fsp3) is 0.429. The Bertz CT molecular complexity index is 235. The van der Waals surface area contributed by atoms with E-state index in [1.165, 1.54) is 6.20 Å². The Morgan fingerprint density at radius 3 is 3.17 bits per heavy atom. The smallest absolute Gasteiger partial charge is 0.254 e. The zero-order valence-electron chi connectivity index (χ0n) is 6.51. The molecule has 0 fully saturated rings. The van der Waals surface area contributed by atoms with Crippen LogP contribution in [0.15, 0.2) is 12.4 Å². The van der Waals surface area contributed by atoms with Crippen molar-refractivity contribution < 1.29 is 4.79 Å². The van der Waals surface area contributed by atoms with Crippen LogP contribution >= 0.6 is 15.9 Å². The van der Waals surface area contributed by atoms with Gasteiger partial charge in [0.1, 0.15) is 0 Å². The van der Waals surface area contributed by atoms with E-state index >= 15 is 0 Å². The van der Waals surface area contributed by atoms with Crippen LogP contribution in [-0.2, 0) is 0 Å². The van der Waals surface area contributed by atoms with Crippen LogP contribution in [0.25, 0.3) is 0 Å². The molecule has 1 rings (SSSR count). The van der Waals surface area contributed by atoms with Crippen molar-refractivity contribution in [2.24, 2.45) is 0 Å². The van der Waals surface area contributed by atoms with E-state index in [0.29, 0.717) is 12.1 Å². The first-order chi connectivity index (χ1) is 5.84. The Hall–Kier alpha value is -0.840. The van der Waals surface area contributed by atoms with Crippen molar-refractivity contribution >= 4 is 21.8 Å². The quantitative estimate of drug-likeness (QED) is 0.599. The van der Waals surface area contributed by atoms with Gasteiger partial charge >= 0.3 is 0 Å². The summed E-state index contributed by atoms with van der Waals surface area (Å²) in [6.07, 6.45) is 4.01. The summed E-state index contributed by atoms with van der Waals surface area (Å²) >= 11 is 3.28. The maximum Gasteiger partial charge on any atom is 0.254 e. The second-order valence-corrected chi connectivity index (χ2v) is 3.08. The zero-order chi connectivity index (χ0) is 8.81. The van der Waals surface area contributed by atoms with Crippen molar-refractivity contribution in [1.29, 1.82) is 0 Å². The van der Waals surface area contributed by atoms with Crippen LogP contribution in [-0.4, -0.2) is 28.0 Å². The van der Waals surface area contributed by atoms with Crippen molar-refractivity contribution in [2.45, 2.75) is 6.42 Å². The first-order valence-corrected chi connectivity index (χ1v) is 4.79. The van der Waals surface area contributed by atoms with E-state index in [-0.39, 0.29) is 5.91 Å². The third-order valence-electron chi connectivity index (χ3n) is 1.36. The number of carbonyl (C=O) groups excluding carboxylic acids is 1. The molecule has 1 aromatic heterocycles. The Kier molecular flexibility index (Phi) is 3.79. The van der Waals surface area contributed by atoms with Gasteiger partial charge in [0.25, 0.3) is 5.91 Å². The Labute approximate surface area is 78.9 Å². The lowest BCUT2D eigenvalue weighted by molar-refractivity contribution is 0.0954. The molecule has 2 N–H and O–H groups in total. The molecule has 0 bridgehead atoms. The summed E-state index contributed by atoms with van der Waals surface area (Å²) in [5.74, 6) is -0.0790. The largest absolute Gasteiger partial charge is 0.352 e. The highest BCUT2D eigenvalue weighted by molar-refractivity contribution is 9.09. The minimum absolute atomic E-state index is 0.0790. The van der Waals surface area contributed by atoms with Crippen LogP contribution in [0.2, 0.25) is 0 Å². The number of aromatic nitrogens is 2. The van der Waals surface area contributed by atoms with Gasteiger partial charge in [0.05, 0.1) is 11.8 Å². The second kappa shape index (κ2) is 4.92. The summed E-state index contributed by atoms with van der Waals surface area (Å²) in [6, 6.07) is 0. The number of aromatic amines is 1. The summed E-state index contributed by atoms with van der Waals surface area (Å²) in [5, 5.41) is 9.92. The molecule has 0 aliphatic carbocycles. The molecule has 0 saturated heterocycles. The fourth-order valence-electron chi connectivity index (χ4n) is 0.746. The van der Waals surface area contributed by atoms with Gasteiger partial charge in [-0.3, -0.25) is 9.89 Å². The minimum Gasteiger partial charge on any atom is -0.352 e. The van der Waals surface area contributed by atoms with E-state index in [1.807, 2.05) is 0 Å². The fourth-order valence-corrected chi connectivity index (χ4v) is 1.03. The topological polar surface area (TPSA) is 57.8 Å². The Morgan fingerprint density at radius 1 is 1.75 bits per heavy atom. The Balaban J connectivity index is 2.30. The standard InChI is InChI=1S/C7H10BrN3O/c8-2-1-3-9-7(12)6-4-10-11-5-6/h4-5H,1-3H2,(H,9,12)(H,10,11). The van der Waals surface area contributed by atoms with Gasteiger partial charge in [0, 0.05) is 18.1 Å². The minimum atomic E-state index is -0.0790. The van der Waals surface area contributed by atoms with Gasteiger partial charge in [-0.2, -0.15) is 5.10 Å². The molecule has 0 atom stereocenters. The van der Waals surface area contributed by atoms with Gasteiger partial charge < -0.3 is 5.32 Å². The predicted molar refractivity (Wildman–Crippen MR) is 49.3 cm³/mol. The number of hydrogen-bond acceptors (Lipinski definition) is 2. The van der Waals surface area contributed by atoms with Crippen molar-refractivity contribution in [1.82, 2.24) is 15.5 Å². The average molecular weight is 232 g/mol. The van der Waals surface area contributed by atoms with Crippen LogP contribution in [0.5, 0.6) is 0 Å². The second-order valence-electron chi connectivity index (χ2n) is 2.29. The molecular formula is C7H10BrN3O. The van der Waals surface area contributed by atoms with Crippen molar-refractivity contribution in [3.8, 4) is 0 Å². The summed E-state index contributed by atoms with van der Waals surface area (Å²) in [5.41, 5.74) is 0.574. The van der Waals surface area contributed by atoms with Gasteiger partial charge in [-0.15, -0.1) is 0 Å². The first kappa shape index (κ1) is 9.25. The number of H-pyrrole nitrogens is 1. The van der Waals surface area contributed by atoms with E-state index in [4.69, 9.17) is 0 Å². The molecule has 1 heterocycles. The lowest BCUT2D eigenvalue weighted by Crippen LogP contribution is -2.24. The van der Waals surface area contributed by atoms with E-state index in [1.54, 1.807) is 6.20 Å². The number of amides is 1. The van der Waals surface area contributed by atoms with E-state index in [0.717, 1.165) is 11.8 Å². The van der Waals surface area contributed by atoms with Gasteiger partial charge in [0.15, 0.2) is 0 Å². The van der Waals surface area contributed by atoms with E-state index in [9.17, 15) is 4.79 Å². The highest BCUT2D eigenvalue weighted by Gasteiger charge is 2.03. The normalized spacial score (nSPS) is 9.75. The van der Waals surface area contributed by atoms with Gasteiger partial charge in [0.2, 0.25) is 0 Å². The highest BCUT2D eigenvalue weighted by Crippen LogP contribution is 1.93. The van der Waals surface area contributed by atoms with Crippen molar-refractivity contribution in [3.05, 3.63) is 18.0 Å². The number of nitrogens with zero attached hydrogens (tertiary/aromatic N) is 1. The maximum absolute atomic E-state index is 11.2. The SMILES string of the molecule is O=C(NCCCBr)c1cn[nH]c1. The summed E-state index contributed by atoms with van der Waals surface area (Å²) in [7, 11) is 0. The number of carbonyl (C=O) groups is 1. The summed E-state index contributed by atoms with van der Waals surface area (Å²) < 4.78 is 0. The lowest BCUT2D eigenvalue weighted by atomic mass is 10.3. The molecule has 0 aliphatic heterocycles. The molecule has 0 unspecified atom stereocenters. The third-order valence-corrected chi connectivity index (χ3v) is 1.92. The molecule has 12 heavy (non-hydrogen) atoms. The molecule has 4 nitrogen and oxygen atoms in total. The summed E-state index contributed by atoms with van der Waals surface area (Å²) in [6.45, 7) is 0.690. The molecule has 0 radical (unpaired) electrons. The van der Waals surface area contributed by atoms with Gasteiger partial charge in [-0.1, -0.05) is 15.9 Å². The van der Waals surface area contributed by atoms with Crippen molar-refractivity contribution in [3.63, 3.8) is 0 Å². The molecule has 1 aromatic rings. The molecule has 0 aromatic carbocycles. The first-order valence-electron chi connectivity index (χ1n) is 3.67. The molecule has 5 heteroatoms.